The van der Waals surface area contributed by atoms with E-state index in [1.807, 2.05) is 44.4 Å². The van der Waals surface area contributed by atoms with E-state index in [0.29, 0.717) is 23.8 Å². The van der Waals surface area contributed by atoms with Crippen molar-refractivity contribution < 1.29 is 13.7 Å². The molecule has 0 radical (unpaired) electrons. The third kappa shape index (κ3) is 3.70. The van der Waals surface area contributed by atoms with E-state index in [9.17, 15) is 9.18 Å². The third-order valence-electron chi connectivity index (χ3n) is 5.12. The summed E-state index contributed by atoms with van der Waals surface area (Å²) in [5, 5.41) is 7.12. The molecule has 0 fully saturated rings. The lowest BCUT2D eigenvalue weighted by atomic mass is 9.94. The highest BCUT2D eigenvalue weighted by Crippen LogP contribution is 2.37. The molecule has 1 aliphatic rings. The van der Waals surface area contributed by atoms with Crippen LogP contribution < -0.4 is 5.32 Å². The van der Waals surface area contributed by atoms with Gasteiger partial charge in [-0.2, -0.15) is 4.98 Å². The number of nitrogens with zero attached hydrogens (tertiary/aromatic N) is 3. The number of urea groups is 1. The van der Waals surface area contributed by atoms with Crippen molar-refractivity contribution in [3.8, 4) is 11.4 Å². The van der Waals surface area contributed by atoms with Gasteiger partial charge in [-0.25, -0.2) is 9.18 Å². The summed E-state index contributed by atoms with van der Waals surface area (Å²) in [4.78, 5) is 20.0. The minimum absolute atomic E-state index is 0.222. The SMILES string of the molecule is CCN1C(=O)NC(c2ccc(F)cc2)C(c2nc(-c3ccc(SC)cc3)no2)=C1C. The smallest absolute Gasteiger partial charge is 0.322 e. The minimum Gasteiger partial charge on any atom is -0.334 e. The monoisotopic (exact) mass is 424 g/mol. The first-order valence-corrected chi connectivity index (χ1v) is 10.8. The van der Waals surface area contributed by atoms with Gasteiger partial charge in [-0.3, -0.25) is 4.90 Å². The Morgan fingerprint density at radius 2 is 1.87 bits per heavy atom. The number of halogens is 1. The number of hydrogen-bond donors (Lipinski definition) is 1. The molecule has 0 aliphatic carbocycles. The maximum atomic E-state index is 13.4. The number of rotatable bonds is 5. The lowest BCUT2D eigenvalue weighted by molar-refractivity contribution is 0.207. The van der Waals surface area contributed by atoms with Gasteiger partial charge >= 0.3 is 6.03 Å². The van der Waals surface area contributed by atoms with Crippen molar-refractivity contribution >= 4 is 23.4 Å². The summed E-state index contributed by atoms with van der Waals surface area (Å²) >= 11 is 1.66. The number of aromatic nitrogens is 2. The summed E-state index contributed by atoms with van der Waals surface area (Å²) in [5.41, 5.74) is 3.00. The Kier molecular flexibility index (Phi) is 5.59. The van der Waals surface area contributed by atoms with Crippen LogP contribution in [-0.2, 0) is 0 Å². The van der Waals surface area contributed by atoms with Crippen LogP contribution in [0.1, 0.15) is 31.3 Å². The van der Waals surface area contributed by atoms with Gasteiger partial charge in [-0.1, -0.05) is 17.3 Å². The van der Waals surface area contributed by atoms with Gasteiger partial charge in [-0.05, 0) is 62.1 Å². The number of carbonyl (C=O) groups is 1. The van der Waals surface area contributed by atoms with Crippen LogP contribution in [0.5, 0.6) is 0 Å². The largest absolute Gasteiger partial charge is 0.334 e. The van der Waals surface area contributed by atoms with Crippen molar-refractivity contribution in [3.63, 3.8) is 0 Å². The van der Waals surface area contributed by atoms with Crippen LogP contribution in [-0.4, -0.2) is 33.9 Å². The van der Waals surface area contributed by atoms with Gasteiger partial charge in [0.2, 0.25) is 5.82 Å². The molecule has 1 N–H and O–H groups in total. The predicted molar refractivity (Wildman–Crippen MR) is 114 cm³/mol. The van der Waals surface area contributed by atoms with Crippen molar-refractivity contribution in [1.29, 1.82) is 0 Å². The van der Waals surface area contributed by atoms with Crippen LogP contribution in [0.4, 0.5) is 9.18 Å². The van der Waals surface area contributed by atoms with Crippen molar-refractivity contribution in [1.82, 2.24) is 20.4 Å². The van der Waals surface area contributed by atoms with E-state index in [1.165, 1.54) is 12.1 Å². The van der Waals surface area contributed by atoms with Gasteiger partial charge in [0, 0.05) is 22.7 Å². The van der Waals surface area contributed by atoms with Crippen LogP contribution in [0.15, 0.2) is 63.6 Å². The van der Waals surface area contributed by atoms with Crippen molar-refractivity contribution in [3.05, 3.63) is 71.5 Å². The normalized spacial score (nSPS) is 16.7. The molecule has 8 heteroatoms. The molecule has 0 saturated carbocycles. The second kappa shape index (κ2) is 8.31. The molecule has 0 saturated heterocycles. The maximum absolute atomic E-state index is 13.4. The minimum atomic E-state index is -0.520. The molecular weight excluding hydrogens is 403 g/mol. The summed E-state index contributed by atoms with van der Waals surface area (Å²) in [6.45, 7) is 4.24. The number of nitrogens with one attached hydrogen (secondary N) is 1. The van der Waals surface area contributed by atoms with Crippen molar-refractivity contribution in [2.24, 2.45) is 0 Å². The Morgan fingerprint density at radius 3 is 2.50 bits per heavy atom. The van der Waals surface area contributed by atoms with Gasteiger partial charge in [0.1, 0.15) is 5.82 Å². The van der Waals surface area contributed by atoms with Crippen LogP contribution in [0.2, 0.25) is 0 Å². The molecule has 2 amide bonds. The maximum Gasteiger partial charge on any atom is 0.322 e. The lowest BCUT2D eigenvalue weighted by Crippen LogP contribution is -2.45. The van der Waals surface area contributed by atoms with E-state index in [1.54, 1.807) is 28.8 Å². The van der Waals surface area contributed by atoms with Gasteiger partial charge < -0.3 is 9.84 Å². The second-order valence-electron chi connectivity index (χ2n) is 6.83. The van der Waals surface area contributed by atoms with Gasteiger partial charge in [0.25, 0.3) is 5.89 Å². The highest BCUT2D eigenvalue weighted by Gasteiger charge is 2.35. The second-order valence-corrected chi connectivity index (χ2v) is 7.71. The van der Waals surface area contributed by atoms with E-state index < -0.39 is 6.04 Å². The quantitative estimate of drug-likeness (QED) is 0.576. The van der Waals surface area contributed by atoms with E-state index in [-0.39, 0.29) is 11.8 Å². The van der Waals surface area contributed by atoms with Crippen LogP contribution in [0.3, 0.4) is 0 Å². The van der Waals surface area contributed by atoms with Crippen LogP contribution >= 0.6 is 11.8 Å². The fraction of sp³-hybridized carbons (Fsp3) is 0.227. The van der Waals surface area contributed by atoms with Crippen LogP contribution in [0.25, 0.3) is 17.0 Å². The predicted octanol–water partition coefficient (Wildman–Crippen LogP) is 5.12. The Balaban J connectivity index is 1.78. The molecule has 154 valence electrons. The van der Waals surface area contributed by atoms with Gasteiger partial charge in [-0.15, -0.1) is 11.8 Å². The zero-order valence-electron chi connectivity index (χ0n) is 16.8. The van der Waals surface area contributed by atoms with Crippen molar-refractivity contribution in [2.45, 2.75) is 24.8 Å². The number of allylic oxidation sites excluding steroid dienone is 1. The summed E-state index contributed by atoms with van der Waals surface area (Å²) in [5.74, 6) is 0.451. The molecule has 30 heavy (non-hydrogen) atoms. The first kappa shape index (κ1) is 20.2. The summed E-state index contributed by atoms with van der Waals surface area (Å²) in [7, 11) is 0. The molecule has 1 aliphatic heterocycles. The van der Waals surface area contributed by atoms with Gasteiger partial charge in [0.15, 0.2) is 0 Å². The number of amides is 2. The van der Waals surface area contributed by atoms with Gasteiger partial charge in [0.05, 0.1) is 11.6 Å². The van der Waals surface area contributed by atoms with E-state index in [2.05, 4.69) is 15.5 Å². The Bertz CT molecular complexity index is 1090. The van der Waals surface area contributed by atoms with E-state index in [4.69, 9.17) is 4.52 Å². The molecule has 1 atom stereocenters. The Hall–Kier alpha value is -3.13. The number of benzene rings is 2. The molecule has 3 aromatic rings. The average molecular weight is 425 g/mol. The summed E-state index contributed by atoms with van der Waals surface area (Å²) in [6.07, 6.45) is 2.02. The van der Waals surface area contributed by atoms with Crippen LogP contribution in [0, 0.1) is 5.82 Å². The summed E-state index contributed by atoms with van der Waals surface area (Å²) < 4.78 is 19.1. The Morgan fingerprint density at radius 1 is 1.17 bits per heavy atom. The molecule has 2 heterocycles. The first-order valence-electron chi connectivity index (χ1n) is 9.54. The van der Waals surface area contributed by atoms with E-state index >= 15 is 0 Å². The lowest BCUT2D eigenvalue weighted by Gasteiger charge is -2.34. The fourth-order valence-corrected chi connectivity index (χ4v) is 3.94. The zero-order chi connectivity index (χ0) is 21.3. The third-order valence-corrected chi connectivity index (χ3v) is 5.86. The number of hydrogen-bond acceptors (Lipinski definition) is 5. The number of thioether (sulfide) groups is 1. The Labute approximate surface area is 178 Å². The molecule has 2 aromatic carbocycles. The molecule has 4 rings (SSSR count). The highest BCUT2D eigenvalue weighted by molar-refractivity contribution is 7.98. The highest BCUT2D eigenvalue weighted by atomic mass is 32.2. The molecule has 0 spiro atoms. The number of carbonyl (C=O) groups excluding carboxylic acids is 1. The van der Waals surface area contributed by atoms with E-state index in [0.717, 1.165) is 21.7 Å². The molecule has 6 nitrogen and oxygen atoms in total. The molecule has 0 bridgehead atoms. The fourth-order valence-electron chi connectivity index (χ4n) is 3.53. The average Bonchev–Trinajstić information content (AvgIpc) is 3.24. The molecule has 1 unspecified atom stereocenters. The standard InChI is InChI=1S/C22H21FN4O2S/c1-4-27-13(2)18(19(24-22(27)28)14-5-9-16(23)10-6-14)21-25-20(26-29-21)15-7-11-17(30-3)12-8-15/h5-12,19H,4H2,1-3H3,(H,24,28). The molecule has 1 aromatic heterocycles. The zero-order valence-corrected chi connectivity index (χ0v) is 17.7. The topological polar surface area (TPSA) is 71.3 Å². The summed E-state index contributed by atoms with van der Waals surface area (Å²) in [6, 6.07) is 13.2. The first-order chi connectivity index (χ1) is 14.5. The molecular formula is C22H21FN4O2S. The van der Waals surface area contributed by atoms with Crippen molar-refractivity contribution in [2.75, 3.05) is 12.8 Å².